The molecule has 1 heterocycles. The van der Waals surface area contributed by atoms with Crippen molar-refractivity contribution in [3.63, 3.8) is 0 Å². The molecule has 0 saturated carbocycles. The molecule has 0 fully saturated rings. The minimum Gasteiger partial charge on any atom is -0.483 e. The van der Waals surface area contributed by atoms with E-state index in [2.05, 4.69) is 26.1 Å². The standard InChI is InChI=1S/C11H10BrClN2O2/c1-2-10-14-11(17-15-10)6-16-9-4-3-7(13)5-8(9)12/h3-5H,2,6H2,1H3. The van der Waals surface area contributed by atoms with Crippen LogP contribution in [0.5, 0.6) is 5.75 Å². The lowest BCUT2D eigenvalue weighted by atomic mass is 10.3. The molecule has 0 aliphatic carbocycles. The van der Waals surface area contributed by atoms with Gasteiger partial charge in [0.2, 0.25) is 0 Å². The lowest BCUT2D eigenvalue weighted by Gasteiger charge is -2.05. The molecule has 4 nitrogen and oxygen atoms in total. The van der Waals surface area contributed by atoms with Gasteiger partial charge < -0.3 is 9.26 Å². The van der Waals surface area contributed by atoms with Crippen LogP contribution in [0.2, 0.25) is 5.02 Å². The number of halogens is 2. The number of rotatable bonds is 4. The number of hydrogen-bond donors (Lipinski definition) is 0. The second kappa shape index (κ2) is 5.51. The number of aromatic nitrogens is 2. The minimum absolute atomic E-state index is 0.243. The van der Waals surface area contributed by atoms with E-state index in [4.69, 9.17) is 20.9 Å². The third-order valence-electron chi connectivity index (χ3n) is 2.07. The van der Waals surface area contributed by atoms with Gasteiger partial charge in [0.1, 0.15) is 5.75 Å². The van der Waals surface area contributed by atoms with Gasteiger partial charge in [-0.1, -0.05) is 23.7 Å². The van der Waals surface area contributed by atoms with Gasteiger partial charge in [0.25, 0.3) is 5.89 Å². The van der Waals surface area contributed by atoms with Gasteiger partial charge in [-0.3, -0.25) is 0 Å². The van der Waals surface area contributed by atoms with E-state index in [9.17, 15) is 0 Å². The van der Waals surface area contributed by atoms with Crippen LogP contribution < -0.4 is 4.74 Å². The molecule has 0 N–H and O–H groups in total. The van der Waals surface area contributed by atoms with Crippen LogP contribution in [-0.2, 0) is 13.0 Å². The Morgan fingerprint density at radius 1 is 1.47 bits per heavy atom. The molecule has 0 atom stereocenters. The van der Waals surface area contributed by atoms with Gasteiger partial charge in [0, 0.05) is 11.4 Å². The third kappa shape index (κ3) is 3.20. The number of aryl methyl sites for hydroxylation is 1. The minimum atomic E-state index is 0.243. The molecular weight excluding hydrogens is 307 g/mol. The Balaban J connectivity index is 2.02. The molecule has 6 heteroatoms. The highest BCUT2D eigenvalue weighted by Gasteiger charge is 2.07. The molecule has 0 spiro atoms. The highest BCUT2D eigenvalue weighted by molar-refractivity contribution is 9.10. The molecule has 0 aliphatic rings. The van der Waals surface area contributed by atoms with Gasteiger partial charge in [-0.25, -0.2) is 0 Å². The average Bonchev–Trinajstić information content (AvgIpc) is 2.76. The zero-order valence-corrected chi connectivity index (χ0v) is 11.5. The number of nitrogens with zero attached hydrogens (tertiary/aromatic N) is 2. The predicted octanol–water partition coefficient (Wildman–Crippen LogP) is 3.63. The average molecular weight is 318 g/mol. The van der Waals surface area contributed by atoms with Gasteiger partial charge in [-0.2, -0.15) is 4.98 Å². The van der Waals surface area contributed by atoms with Crippen molar-refractivity contribution >= 4 is 27.5 Å². The number of ether oxygens (including phenoxy) is 1. The summed E-state index contributed by atoms with van der Waals surface area (Å²) >= 11 is 9.19. The first kappa shape index (κ1) is 12.4. The Morgan fingerprint density at radius 3 is 2.94 bits per heavy atom. The molecule has 2 aromatic rings. The summed E-state index contributed by atoms with van der Waals surface area (Å²) in [6, 6.07) is 5.30. The molecule has 0 saturated heterocycles. The maximum Gasteiger partial charge on any atom is 0.264 e. The third-order valence-corrected chi connectivity index (χ3v) is 2.93. The topological polar surface area (TPSA) is 48.2 Å². The van der Waals surface area contributed by atoms with Crippen molar-refractivity contribution in [1.82, 2.24) is 10.1 Å². The SMILES string of the molecule is CCc1noc(COc2ccc(Cl)cc2Br)n1. The number of hydrogen-bond acceptors (Lipinski definition) is 4. The molecule has 1 aromatic carbocycles. The van der Waals surface area contributed by atoms with Crippen LogP contribution >= 0.6 is 27.5 Å². The fourth-order valence-corrected chi connectivity index (χ4v) is 2.02. The lowest BCUT2D eigenvalue weighted by molar-refractivity contribution is 0.241. The molecule has 0 amide bonds. The Kier molecular flexibility index (Phi) is 4.02. The van der Waals surface area contributed by atoms with Gasteiger partial charge in [-0.15, -0.1) is 0 Å². The summed E-state index contributed by atoms with van der Waals surface area (Å²) in [6.07, 6.45) is 0.744. The Bertz CT molecular complexity index is 516. The van der Waals surface area contributed by atoms with E-state index < -0.39 is 0 Å². The van der Waals surface area contributed by atoms with Gasteiger partial charge in [-0.05, 0) is 34.1 Å². The van der Waals surface area contributed by atoms with Crippen molar-refractivity contribution in [2.45, 2.75) is 20.0 Å². The zero-order chi connectivity index (χ0) is 12.3. The maximum absolute atomic E-state index is 5.83. The molecule has 1 aromatic heterocycles. The van der Waals surface area contributed by atoms with E-state index in [1.165, 1.54) is 0 Å². The van der Waals surface area contributed by atoms with E-state index in [-0.39, 0.29) is 6.61 Å². The fourth-order valence-electron chi connectivity index (χ4n) is 1.22. The van der Waals surface area contributed by atoms with Gasteiger partial charge in [0.15, 0.2) is 12.4 Å². The molecule has 2 rings (SSSR count). The summed E-state index contributed by atoms with van der Waals surface area (Å²) in [6.45, 7) is 2.21. The second-order valence-corrected chi connectivity index (χ2v) is 4.61. The molecule has 17 heavy (non-hydrogen) atoms. The summed E-state index contributed by atoms with van der Waals surface area (Å²) in [4.78, 5) is 4.15. The Hall–Kier alpha value is -1.07. The molecule has 0 aliphatic heterocycles. The van der Waals surface area contributed by atoms with Gasteiger partial charge >= 0.3 is 0 Å². The number of benzene rings is 1. The summed E-state index contributed by atoms with van der Waals surface area (Å²) in [5, 5.41) is 4.43. The van der Waals surface area contributed by atoms with Crippen molar-refractivity contribution in [2.75, 3.05) is 0 Å². The van der Waals surface area contributed by atoms with Crippen LogP contribution in [0.15, 0.2) is 27.2 Å². The molecule has 90 valence electrons. The van der Waals surface area contributed by atoms with E-state index in [1.807, 2.05) is 6.92 Å². The lowest BCUT2D eigenvalue weighted by Crippen LogP contribution is -1.96. The maximum atomic E-state index is 5.83. The first-order valence-electron chi connectivity index (χ1n) is 5.08. The summed E-state index contributed by atoms with van der Waals surface area (Å²) in [5.41, 5.74) is 0. The smallest absolute Gasteiger partial charge is 0.264 e. The monoisotopic (exact) mass is 316 g/mol. The summed E-state index contributed by atoms with van der Waals surface area (Å²) in [5.74, 6) is 1.83. The molecule has 0 bridgehead atoms. The first-order valence-corrected chi connectivity index (χ1v) is 6.25. The molecule has 0 unspecified atom stereocenters. The van der Waals surface area contributed by atoms with Crippen LogP contribution in [-0.4, -0.2) is 10.1 Å². The first-order chi connectivity index (χ1) is 8.19. The van der Waals surface area contributed by atoms with Crippen LogP contribution in [0, 0.1) is 0 Å². The van der Waals surface area contributed by atoms with Crippen LogP contribution in [0.3, 0.4) is 0 Å². The molecule has 0 radical (unpaired) electrons. The van der Waals surface area contributed by atoms with E-state index >= 15 is 0 Å². The highest BCUT2D eigenvalue weighted by Crippen LogP contribution is 2.28. The Morgan fingerprint density at radius 2 is 2.29 bits per heavy atom. The van der Waals surface area contributed by atoms with E-state index in [1.54, 1.807) is 18.2 Å². The van der Waals surface area contributed by atoms with Crippen LogP contribution in [0.25, 0.3) is 0 Å². The van der Waals surface area contributed by atoms with E-state index in [0.717, 1.165) is 10.9 Å². The van der Waals surface area contributed by atoms with Crippen molar-refractivity contribution in [3.8, 4) is 5.75 Å². The second-order valence-electron chi connectivity index (χ2n) is 3.32. The predicted molar refractivity (Wildman–Crippen MR) is 67.2 cm³/mol. The van der Waals surface area contributed by atoms with Crippen LogP contribution in [0.4, 0.5) is 0 Å². The fraction of sp³-hybridized carbons (Fsp3) is 0.273. The van der Waals surface area contributed by atoms with Crippen molar-refractivity contribution in [1.29, 1.82) is 0 Å². The van der Waals surface area contributed by atoms with E-state index in [0.29, 0.717) is 22.5 Å². The molecular formula is C11H10BrClN2O2. The van der Waals surface area contributed by atoms with Crippen molar-refractivity contribution in [2.24, 2.45) is 0 Å². The van der Waals surface area contributed by atoms with Gasteiger partial charge in [0.05, 0.1) is 4.47 Å². The largest absolute Gasteiger partial charge is 0.483 e. The summed E-state index contributed by atoms with van der Waals surface area (Å²) in [7, 11) is 0. The summed E-state index contributed by atoms with van der Waals surface area (Å²) < 4.78 is 11.3. The zero-order valence-electron chi connectivity index (χ0n) is 9.11. The van der Waals surface area contributed by atoms with Crippen molar-refractivity contribution < 1.29 is 9.26 Å². The van der Waals surface area contributed by atoms with Crippen LogP contribution in [0.1, 0.15) is 18.6 Å². The van der Waals surface area contributed by atoms with Crippen molar-refractivity contribution in [3.05, 3.63) is 39.4 Å². The highest BCUT2D eigenvalue weighted by atomic mass is 79.9. The Labute approximate surface area is 112 Å². The normalized spacial score (nSPS) is 10.5. The quantitative estimate of drug-likeness (QED) is 0.864.